The molecule has 1 aromatic heterocycles. The normalized spacial score (nSPS) is 20.1. The number of Topliss-reactive ketones (excluding diaryl/α,β-unsaturated/α-hetero) is 1. The summed E-state index contributed by atoms with van der Waals surface area (Å²) < 4.78 is 0. The van der Waals surface area contributed by atoms with Crippen LogP contribution < -0.4 is 0 Å². The van der Waals surface area contributed by atoms with E-state index in [0.29, 0.717) is 12.6 Å². The average Bonchev–Trinajstić information content (AvgIpc) is 2.87. The second-order valence-electron chi connectivity index (χ2n) is 4.68. The third kappa shape index (κ3) is 3.12. The smallest absolute Gasteiger partial charge is 0.177 e. The largest absolute Gasteiger partial charge is 0.295 e. The third-order valence-electron chi connectivity index (χ3n) is 3.26. The lowest BCUT2D eigenvalue weighted by Crippen LogP contribution is -2.35. The van der Waals surface area contributed by atoms with Gasteiger partial charge in [-0.2, -0.15) is 11.8 Å². The Morgan fingerprint density at radius 2 is 2.29 bits per heavy atom. The van der Waals surface area contributed by atoms with E-state index >= 15 is 0 Å². The molecule has 0 bridgehead atoms. The number of rotatable bonds is 4. The number of thioether (sulfide) groups is 1. The molecule has 1 atom stereocenters. The number of carbonyl (C=O) groups excluding carboxylic acids is 1. The van der Waals surface area contributed by atoms with Crippen molar-refractivity contribution in [3.63, 3.8) is 0 Å². The fourth-order valence-corrected chi connectivity index (χ4v) is 4.46. The first-order valence-corrected chi connectivity index (χ1v) is 7.93. The maximum absolute atomic E-state index is 12.2. The zero-order valence-corrected chi connectivity index (χ0v) is 12.3. The first kappa shape index (κ1) is 13.1. The van der Waals surface area contributed by atoms with E-state index in [9.17, 15) is 4.79 Å². The minimum absolute atomic E-state index is 0.270. The molecule has 1 aliphatic heterocycles. The Kier molecular flexibility index (Phi) is 4.28. The van der Waals surface area contributed by atoms with Crippen LogP contribution in [0.1, 0.15) is 26.5 Å². The van der Waals surface area contributed by atoms with Crippen molar-refractivity contribution in [3.8, 4) is 0 Å². The van der Waals surface area contributed by atoms with Gasteiger partial charge < -0.3 is 0 Å². The van der Waals surface area contributed by atoms with Gasteiger partial charge in [-0.15, -0.1) is 11.3 Å². The summed E-state index contributed by atoms with van der Waals surface area (Å²) in [5.74, 6) is 2.68. The maximum atomic E-state index is 12.2. The van der Waals surface area contributed by atoms with Crippen molar-refractivity contribution in [2.45, 2.75) is 26.3 Å². The molecule has 2 heterocycles. The van der Waals surface area contributed by atoms with Crippen molar-refractivity contribution in [2.75, 3.05) is 25.1 Å². The van der Waals surface area contributed by atoms with E-state index in [1.54, 1.807) is 11.3 Å². The van der Waals surface area contributed by atoms with Gasteiger partial charge in [-0.1, -0.05) is 0 Å². The standard InChI is InChI=1S/C13H19NOS2/c1-9-6-12(10(2)17-9)13(15)7-14(3)11-4-5-16-8-11/h6,11H,4-5,7-8H2,1-3H3. The molecule has 1 unspecified atom stereocenters. The average molecular weight is 269 g/mol. The number of hydrogen-bond donors (Lipinski definition) is 0. The number of aryl methyl sites for hydroxylation is 2. The molecule has 0 saturated carbocycles. The quantitative estimate of drug-likeness (QED) is 0.784. The van der Waals surface area contributed by atoms with Crippen molar-refractivity contribution < 1.29 is 4.79 Å². The number of thiophene rings is 1. The Labute approximate surface area is 111 Å². The molecule has 0 spiro atoms. The number of nitrogens with zero attached hydrogens (tertiary/aromatic N) is 1. The summed E-state index contributed by atoms with van der Waals surface area (Å²) in [5, 5.41) is 0. The summed E-state index contributed by atoms with van der Waals surface area (Å²) in [6.45, 7) is 4.66. The molecule has 0 N–H and O–H groups in total. The molecule has 1 aliphatic rings. The molecule has 2 rings (SSSR count). The van der Waals surface area contributed by atoms with Gasteiger partial charge >= 0.3 is 0 Å². The molecular formula is C13H19NOS2. The molecule has 0 aliphatic carbocycles. The summed E-state index contributed by atoms with van der Waals surface area (Å²) in [7, 11) is 2.07. The van der Waals surface area contributed by atoms with Gasteiger partial charge in [0, 0.05) is 27.1 Å². The van der Waals surface area contributed by atoms with E-state index in [-0.39, 0.29) is 5.78 Å². The highest BCUT2D eigenvalue weighted by molar-refractivity contribution is 7.99. The SMILES string of the molecule is Cc1cc(C(=O)CN(C)C2CCSC2)c(C)s1. The Bertz CT molecular complexity index is 408. The Morgan fingerprint density at radius 1 is 1.53 bits per heavy atom. The first-order chi connectivity index (χ1) is 8.08. The fraction of sp³-hybridized carbons (Fsp3) is 0.615. The molecule has 0 amide bonds. The van der Waals surface area contributed by atoms with Crippen molar-refractivity contribution in [1.29, 1.82) is 0 Å². The molecule has 4 heteroatoms. The minimum atomic E-state index is 0.270. The molecule has 1 aromatic rings. The fourth-order valence-electron chi connectivity index (χ4n) is 2.22. The van der Waals surface area contributed by atoms with Gasteiger partial charge in [0.2, 0.25) is 0 Å². The van der Waals surface area contributed by atoms with Crippen molar-refractivity contribution in [3.05, 3.63) is 21.4 Å². The molecule has 94 valence electrons. The van der Waals surface area contributed by atoms with Crippen molar-refractivity contribution in [1.82, 2.24) is 4.90 Å². The highest BCUT2D eigenvalue weighted by Gasteiger charge is 2.22. The summed E-state index contributed by atoms with van der Waals surface area (Å²) in [5.41, 5.74) is 0.921. The lowest BCUT2D eigenvalue weighted by molar-refractivity contribution is 0.0926. The predicted molar refractivity (Wildman–Crippen MR) is 76.5 cm³/mol. The number of likely N-dealkylation sites (N-methyl/N-ethyl adjacent to an activating group) is 1. The van der Waals surface area contributed by atoms with Crippen molar-refractivity contribution in [2.24, 2.45) is 0 Å². The lowest BCUT2D eigenvalue weighted by atomic mass is 10.1. The molecule has 0 radical (unpaired) electrons. The van der Waals surface area contributed by atoms with Gasteiger partial charge in [0.25, 0.3) is 0 Å². The van der Waals surface area contributed by atoms with E-state index in [1.807, 2.05) is 24.8 Å². The molecule has 2 nitrogen and oxygen atoms in total. The highest BCUT2D eigenvalue weighted by Crippen LogP contribution is 2.24. The zero-order chi connectivity index (χ0) is 12.4. The molecular weight excluding hydrogens is 250 g/mol. The summed E-state index contributed by atoms with van der Waals surface area (Å²) in [4.78, 5) is 16.8. The summed E-state index contributed by atoms with van der Waals surface area (Å²) in [6.07, 6.45) is 1.22. The molecule has 0 aromatic carbocycles. The topological polar surface area (TPSA) is 20.3 Å². The molecule has 1 fully saturated rings. The second-order valence-corrected chi connectivity index (χ2v) is 7.29. The van der Waals surface area contributed by atoms with Gasteiger partial charge in [-0.3, -0.25) is 9.69 Å². The van der Waals surface area contributed by atoms with Crippen LogP contribution in [0.25, 0.3) is 0 Å². The zero-order valence-electron chi connectivity index (χ0n) is 10.7. The summed E-state index contributed by atoms with van der Waals surface area (Å²) in [6, 6.07) is 2.61. The van der Waals surface area contributed by atoms with Crippen LogP contribution in [0, 0.1) is 13.8 Å². The van der Waals surface area contributed by atoms with E-state index in [4.69, 9.17) is 0 Å². The molecule has 1 saturated heterocycles. The van der Waals surface area contributed by atoms with Crippen LogP contribution in [-0.4, -0.2) is 41.8 Å². The number of hydrogen-bond acceptors (Lipinski definition) is 4. The van der Waals surface area contributed by atoms with Gasteiger partial charge in [0.1, 0.15) is 0 Å². The second kappa shape index (κ2) is 5.55. The first-order valence-electron chi connectivity index (χ1n) is 5.96. The predicted octanol–water partition coefficient (Wildman–Crippen LogP) is 2.98. The van der Waals surface area contributed by atoms with Crippen LogP contribution in [0.4, 0.5) is 0 Å². The van der Waals surface area contributed by atoms with E-state index in [1.165, 1.54) is 22.8 Å². The van der Waals surface area contributed by atoms with Gasteiger partial charge in [-0.05, 0) is 39.1 Å². The van der Waals surface area contributed by atoms with Crippen LogP contribution >= 0.6 is 23.1 Å². The minimum Gasteiger partial charge on any atom is -0.295 e. The number of ketones is 1. The van der Waals surface area contributed by atoms with Crippen LogP contribution in [0.15, 0.2) is 6.07 Å². The highest BCUT2D eigenvalue weighted by atomic mass is 32.2. The number of carbonyl (C=O) groups is 1. The maximum Gasteiger partial charge on any atom is 0.177 e. The van der Waals surface area contributed by atoms with Crippen LogP contribution in [-0.2, 0) is 0 Å². The van der Waals surface area contributed by atoms with Gasteiger partial charge in [0.05, 0.1) is 6.54 Å². The van der Waals surface area contributed by atoms with Crippen molar-refractivity contribution >= 4 is 28.9 Å². The van der Waals surface area contributed by atoms with E-state index < -0.39 is 0 Å². The Hall–Kier alpha value is -0.320. The monoisotopic (exact) mass is 269 g/mol. The van der Waals surface area contributed by atoms with Gasteiger partial charge in [0.15, 0.2) is 5.78 Å². The lowest BCUT2D eigenvalue weighted by Gasteiger charge is -2.22. The van der Waals surface area contributed by atoms with Crippen LogP contribution in [0.3, 0.4) is 0 Å². The van der Waals surface area contributed by atoms with E-state index in [2.05, 4.69) is 18.9 Å². The summed E-state index contributed by atoms with van der Waals surface area (Å²) >= 11 is 3.70. The molecule has 17 heavy (non-hydrogen) atoms. The van der Waals surface area contributed by atoms with Crippen LogP contribution in [0.2, 0.25) is 0 Å². The van der Waals surface area contributed by atoms with E-state index in [0.717, 1.165) is 10.4 Å². The Balaban J connectivity index is 1.98. The third-order valence-corrected chi connectivity index (χ3v) is 5.37. The Morgan fingerprint density at radius 3 is 2.82 bits per heavy atom. The van der Waals surface area contributed by atoms with Crippen LogP contribution in [0.5, 0.6) is 0 Å². The van der Waals surface area contributed by atoms with Gasteiger partial charge in [-0.25, -0.2) is 0 Å².